The Morgan fingerprint density at radius 2 is 1.83 bits per heavy atom. The number of unbranched alkanes of at least 4 members (excludes halogenated alkanes) is 2. The molecule has 8 heteroatoms. The van der Waals surface area contributed by atoms with Crippen LogP contribution in [0.5, 0.6) is 0 Å². The van der Waals surface area contributed by atoms with Gasteiger partial charge in [-0.2, -0.15) is 0 Å². The zero-order valence-electron chi connectivity index (χ0n) is 13.9. The van der Waals surface area contributed by atoms with Crippen molar-refractivity contribution in [1.82, 2.24) is 10.2 Å². The first-order valence-corrected chi connectivity index (χ1v) is 8.00. The summed E-state index contributed by atoms with van der Waals surface area (Å²) in [6.07, 6.45) is 2.43. The largest absolute Gasteiger partial charge is 0.456 e. The summed E-state index contributed by atoms with van der Waals surface area (Å²) in [5.41, 5.74) is 4.93. The molecule has 0 spiro atoms. The van der Waals surface area contributed by atoms with Gasteiger partial charge in [-0.25, -0.2) is 4.79 Å². The average molecular weight is 329 g/mol. The van der Waals surface area contributed by atoms with E-state index < -0.39 is 6.03 Å². The SMILES string of the molecule is C[C@@H]1CN(C(=O)COC(=O)CCCCCNC(N)=O)C[C@@H](C)O1. The van der Waals surface area contributed by atoms with E-state index in [0.29, 0.717) is 26.1 Å². The lowest BCUT2D eigenvalue weighted by molar-refractivity contribution is -0.157. The van der Waals surface area contributed by atoms with Crippen LogP contribution >= 0.6 is 0 Å². The van der Waals surface area contributed by atoms with E-state index in [0.717, 1.165) is 12.8 Å². The highest BCUT2D eigenvalue weighted by molar-refractivity contribution is 5.80. The maximum Gasteiger partial charge on any atom is 0.312 e. The van der Waals surface area contributed by atoms with Crippen LogP contribution in [0.3, 0.4) is 0 Å². The summed E-state index contributed by atoms with van der Waals surface area (Å²) in [5.74, 6) is -0.568. The number of carbonyl (C=O) groups is 3. The zero-order valence-corrected chi connectivity index (χ0v) is 13.9. The van der Waals surface area contributed by atoms with Crippen molar-refractivity contribution in [2.75, 3.05) is 26.2 Å². The number of primary amides is 1. The van der Waals surface area contributed by atoms with Gasteiger partial charge >= 0.3 is 12.0 Å². The molecular weight excluding hydrogens is 302 g/mol. The van der Waals surface area contributed by atoms with Crippen molar-refractivity contribution >= 4 is 17.9 Å². The molecule has 0 aromatic rings. The number of esters is 1. The molecule has 23 heavy (non-hydrogen) atoms. The Hall–Kier alpha value is -1.83. The minimum absolute atomic E-state index is 0.00702. The fraction of sp³-hybridized carbons (Fsp3) is 0.800. The van der Waals surface area contributed by atoms with Crippen molar-refractivity contribution < 1.29 is 23.9 Å². The number of nitrogens with zero attached hydrogens (tertiary/aromatic N) is 1. The molecule has 0 unspecified atom stereocenters. The molecule has 1 fully saturated rings. The van der Waals surface area contributed by atoms with Crippen molar-refractivity contribution in [2.24, 2.45) is 5.73 Å². The predicted molar refractivity (Wildman–Crippen MR) is 83.6 cm³/mol. The molecule has 0 radical (unpaired) electrons. The number of morpholine rings is 1. The summed E-state index contributed by atoms with van der Waals surface area (Å²) in [6, 6.07) is -0.547. The van der Waals surface area contributed by atoms with E-state index in [-0.39, 0.29) is 37.1 Å². The number of ether oxygens (including phenoxy) is 2. The molecule has 0 saturated carbocycles. The topological polar surface area (TPSA) is 111 Å². The average Bonchev–Trinajstić information content (AvgIpc) is 2.47. The quantitative estimate of drug-likeness (QED) is 0.494. The van der Waals surface area contributed by atoms with Crippen molar-refractivity contribution in [3.05, 3.63) is 0 Å². The Kier molecular flexibility index (Phi) is 8.39. The van der Waals surface area contributed by atoms with Crippen LogP contribution in [0, 0.1) is 0 Å². The normalized spacial score (nSPS) is 20.9. The molecule has 132 valence electrons. The lowest BCUT2D eigenvalue weighted by atomic mass is 10.2. The third-order valence-corrected chi connectivity index (χ3v) is 3.49. The maximum atomic E-state index is 12.0. The third kappa shape index (κ3) is 8.39. The molecule has 0 aromatic heterocycles. The van der Waals surface area contributed by atoms with E-state index in [4.69, 9.17) is 15.2 Å². The number of nitrogens with one attached hydrogen (secondary N) is 1. The van der Waals surface area contributed by atoms with E-state index in [9.17, 15) is 14.4 Å². The summed E-state index contributed by atoms with van der Waals surface area (Å²) >= 11 is 0. The number of hydrogen-bond acceptors (Lipinski definition) is 5. The Morgan fingerprint density at radius 1 is 1.17 bits per heavy atom. The van der Waals surface area contributed by atoms with Gasteiger partial charge in [0.25, 0.3) is 5.91 Å². The van der Waals surface area contributed by atoms with Gasteiger partial charge in [0.2, 0.25) is 0 Å². The van der Waals surface area contributed by atoms with Gasteiger partial charge in [0, 0.05) is 26.1 Å². The molecular formula is C15H27N3O5. The van der Waals surface area contributed by atoms with E-state index in [1.807, 2.05) is 13.8 Å². The number of amides is 3. The third-order valence-electron chi connectivity index (χ3n) is 3.49. The molecule has 0 aliphatic carbocycles. The lowest BCUT2D eigenvalue weighted by Crippen LogP contribution is -2.49. The second kappa shape index (κ2) is 10.0. The molecule has 1 rings (SSSR count). The Labute approximate surface area is 136 Å². The zero-order chi connectivity index (χ0) is 17.2. The maximum absolute atomic E-state index is 12.0. The van der Waals surface area contributed by atoms with Crippen LogP contribution in [0.15, 0.2) is 0 Å². The van der Waals surface area contributed by atoms with Gasteiger partial charge < -0.3 is 25.4 Å². The van der Waals surface area contributed by atoms with Crippen molar-refractivity contribution in [3.8, 4) is 0 Å². The highest BCUT2D eigenvalue weighted by Crippen LogP contribution is 2.11. The van der Waals surface area contributed by atoms with Gasteiger partial charge in [-0.3, -0.25) is 9.59 Å². The first-order chi connectivity index (χ1) is 10.9. The second-order valence-corrected chi connectivity index (χ2v) is 5.82. The van der Waals surface area contributed by atoms with Crippen LogP contribution in [0.4, 0.5) is 4.79 Å². The fourth-order valence-corrected chi connectivity index (χ4v) is 2.47. The molecule has 0 aromatic carbocycles. The summed E-state index contributed by atoms with van der Waals surface area (Å²) in [5, 5.41) is 2.48. The summed E-state index contributed by atoms with van der Waals surface area (Å²) in [6.45, 7) is 5.14. The number of carbonyl (C=O) groups excluding carboxylic acids is 3. The molecule has 8 nitrogen and oxygen atoms in total. The molecule has 3 N–H and O–H groups in total. The number of urea groups is 1. The van der Waals surface area contributed by atoms with Crippen molar-refractivity contribution in [3.63, 3.8) is 0 Å². The first-order valence-electron chi connectivity index (χ1n) is 8.00. The molecule has 1 heterocycles. The van der Waals surface area contributed by atoms with Crippen molar-refractivity contribution in [1.29, 1.82) is 0 Å². The summed E-state index contributed by atoms with van der Waals surface area (Å²) < 4.78 is 10.6. The molecule has 3 amide bonds. The molecule has 0 bridgehead atoms. The van der Waals surface area contributed by atoms with Gasteiger partial charge in [-0.05, 0) is 26.7 Å². The van der Waals surface area contributed by atoms with Crippen molar-refractivity contribution in [2.45, 2.75) is 51.7 Å². The summed E-state index contributed by atoms with van der Waals surface area (Å²) in [7, 11) is 0. The second-order valence-electron chi connectivity index (χ2n) is 5.82. The van der Waals surface area contributed by atoms with Crippen LogP contribution < -0.4 is 11.1 Å². The number of hydrogen-bond donors (Lipinski definition) is 2. The standard InChI is InChI=1S/C15H27N3O5/c1-11-8-18(9-12(2)23-11)13(19)10-22-14(20)6-4-3-5-7-17-15(16)21/h11-12H,3-10H2,1-2H3,(H3,16,17,21)/t11-,12-/m1/s1. The first kappa shape index (κ1) is 19.2. The predicted octanol–water partition coefficient (Wildman–Crippen LogP) is 0.394. The molecule has 2 atom stereocenters. The Balaban J connectivity index is 2.10. The Bertz CT molecular complexity index is 406. The van der Waals surface area contributed by atoms with Crippen LogP contribution in [-0.2, 0) is 19.1 Å². The van der Waals surface area contributed by atoms with Crippen LogP contribution in [-0.4, -0.2) is 61.3 Å². The van der Waals surface area contributed by atoms with E-state index in [2.05, 4.69) is 5.32 Å². The summed E-state index contributed by atoms with van der Waals surface area (Å²) in [4.78, 5) is 35.7. The molecule has 1 saturated heterocycles. The Morgan fingerprint density at radius 3 is 2.43 bits per heavy atom. The van der Waals surface area contributed by atoms with Gasteiger partial charge in [-0.15, -0.1) is 0 Å². The number of rotatable bonds is 8. The highest BCUT2D eigenvalue weighted by Gasteiger charge is 2.26. The van der Waals surface area contributed by atoms with Crippen LogP contribution in [0.1, 0.15) is 39.5 Å². The highest BCUT2D eigenvalue weighted by atomic mass is 16.5. The van der Waals surface area contributed by atoms with Gasteiger partial charge in [0.05, 0.1) is 12.2 Å². The number of nitrogens with two attached hydrogens (primary N) is 1. The van der Waals surface area contributed by atoms with Crippen LogP contribution in [0.2, 0.25) is 0 Å². The monoisotopic (exact) mass is 329 g/mol. The van der Waals surface area contributed by atoms with Crippen LogP contribution in [0.25, 0.3) is 0 Å². The van der Waals surface area contributed by atoms with Gasteiger partial charge in [-0.1, -0.05) is 6.42 Å². The molecule has 1 aliphatic rings. The minimum atomic E-state index is -0.547. The lowest BCUT2D eigenvalue weighted by Gasteiger charge is -2.35. The fourth-order valence-electron chi connectivity index (χ4n) is 2.47. The van der Waals surface area contributed by atoms with E-state index >= 15 is 0 Å². The van der Waals surface area contributed by atoms with Gasteiger partial charge in [0.15, 0.2) is 6.61 Å². The minimum Gasteiger partial charge on any atom is -0.456 e. The van der Waals surface area contributed by atoms with Gasteiger partial charge in [0.1, 0.15) is 0 Å². The van der Waals surface area contributed by atoms with E-state index in [1.165, 1.54) is 0 Å². The smallest absolute Gasteiger partial charge is 0.312 e. The van der Waals surface area contributed by atoms with E-state index in [1.54, 1.807) is 4.90 Å². The molecule has 1 aliphatic heterocycles.